The lowest BCUT2D eigenvalue weighted by atomic mass is 10.0. The number of nitriles is 1. The van der Waals surface area contributed by atoms with Crippen molar-refractivity contribution in [2.45, 2.75) is 45.2 Å². The third-order valence-corrected chi connectivity index (χ3v) is 7.22. The van der Waals surface area contributed by atoms with Gasteiger partial charge in [0.05, 0.1) is 25.5 Å². The predicted octanol–water partition coefficient (Wildman–Crippen LogP) is 3.93. The number of carbonyl (C=O) groups is 2. The number of nitrogens with one attached hydrogen (secondary N) is 1. The molecule has 2 amide bonds. The van der Waals surface area contributed by atoms with Crippen molar-refractivity contribution in [3.05, 3.63) is 64.6 Å². The van der Waals surface area contributed by atoms with Crippen molar-refractivity contribution in [1.82, 2.24) is 14.5 Å². The number of hydrogen-bond donors (Lipinski definition) is 1. The van der Waals surface area contributed by atoms with Gasteiger partial charge >= 0.3 is 0 Å². The molecule has 2 aromatic heterocycles. The molecule has 1 N–H and O–H groups in total. The molecule has 0 fully saturated rings. The highest BCUT2D eigenvalue weighted by atomic mass is 32.1. The lowest BCUT2D eigenvalue weighted by Gasteiger charge is -2.28. The predicted molar refractivity (Wildman–Crippen MR) is 130 cm³/mol. The molecule has 0 unspecified atom stereocenters. The first-order valence-electron chi connectivity index (χ1n) is 11.2. The Kier molecular flexibility index (Phi) is 7.28. The van der Waals surface area contributed by atoms with Gasteiger partial charge in [0.25, 0.3) is 0 Å². The third kappa shape index (κ3) is 5.13. The zero-order chi connectivity index (χ0) is 24.1. The van der Waals surface area contributed by atoms with Gasteiger partial charge in [-0.3, -0.25) is 9.59 Å². The van der Waals surface area contributed by atoms with E-state index in [2.05, 4.69) is 16.4 Å². The van der Waals surface area contributed by atoms with Crippen molar-refractivity contribution in [2.24, 2.45) is 0 Å². The average molecular weight is 478 g/mol. The van der Waals surface area contributed by atoms with Crippen LogP contribution in [0.2, 0.25) is 0 Å². The fourth-order valence-electron chi connectivity index (χ4n) is 4.19. The van der Waals surface area contributed by atoms with Crippen molar-refractivity contribution in [3.63, 3.8) is 0 Å². The lowest BCUT2D eigenvalue weighted by molar-refractivity contribution is -0.132. The highest BCUT2D eigenvalue weighted by Gasteiger charge is 2.28. The Morgan fingerprint density at radius 3 is 2.91 bits per heavy atom. The number of methoxy groups -OCH3 is 1. The number of nitrogens with zero attached hydrogens (tertiary/aromatic N) is 4. The number of amides is 2. The minimum atomic E-state index is -0.150. The maximum absolute atomic E-state index is 12.9. The van der Waals surface area contributed by atoms with E-state index in [9.17, 15) is 14.9 Å². The summed E-state index contributed by atoms with van der Waals surface area (Å²) in [6, 6.07) is 9.90. The largest absolute Gasteiger partial charge is 0.496 e. The minimum absolute atomic E-state index is 0.0208. The molecule has 0 aliphatic carbocycles. The number of benzene rings is 1. The average Bonchev–Trinajstić information content (AvgIpc) is 3.50. The Labute approximate surface area is 202 Å². The number of ether oxygens (including phenoxy) is 1. The molecule has 3 aromatic rings. The van der Waals surface area contributed by atoms with Gasteiger partial charge in [0, 0.05) is 42.7 Å². The fourth-order valence-corrected chi connectivity index (χ4v) is 5.42. The van der Waals surface area contributed by atoms with E-state index in [0.29, 0.717) is 42.9 Å². The molecule has 0 radical (unpaired) electrons. The number of hydrogen-bond acceptors (Lipinski definition) is 6. The van der Waals surface area contributed by atoms with Gasteiger partial charge in [-0.15, -0.1) is 11.3 Å². The van der Waals surface area contributed by atoms with Crippen LogP contribution in [0.1, 0.15) is 47.4 Å². The molecule has 0 saturated heterocycles. The number of aryl methyl sites for hydroxylation is 1. The second-order valence-corrected chi connectivity index (χ2v) is 9.41. The van der Waals surface area contributed by atoms with Crippen LogP contribution < -0.4 is 10.1 Å². The molecule has 1 aliphatic rings. The number of para-hydroxylation sites is 1. The Balaban J connectivity index is 1.39. The van der Waals surface area contributed by atoms with Crippen molar-refractivity contribution < 1.29 is 14.3 Å². The van der Waals surface area contributed by atoms with Gasteiger partial charge in [-0.05, 0) is 37.0 Å². The molecular weight excluding hydrogens is 450 g/mol. The summed E-state index contributed by atoms with van der Waals surface area (Å²) in [6.07, 6.45) is 7.09. The Hall–Kier alpha value is -3.64. The van der Waals surface area contributed by atoms with Gasteiger partial charge in [-0.25, -0.2) is 4.98 Å². The van der Waals surface area contributed by atoms with Crippen molar-refractivity contribution in [3.8, 4) is 11.8 Å². The van der Waals surface area contributed by atoms with Crippen LogP contribution in [0.25, 0.3) is 0 Å². The van der Waals surface area contributed by atoms with Crippen molar-refractivity contribution >= 4 is 28.2 Å². The molecular formula is C25H27N5O3S. The van der Waals surface area contributed by atoms with E-state index in [0.717, 1.165) is 21.8 Å². The summed E-state index contributed by atoms with van der Waals surface area (Å²) >= 11 is 1.39. The number of rotatable bonds is 8. The van der Waals surface area contributed by atoms with Gasteiger partial charge in [0.1, 0.15) is 16.8 Å². The molecule has 4 rings (SSSR count). The van der Waals surface area contributed by atoms with Crippen LogP contribution in [0.5, 0.6) is 5.75 Å². The normalized spacial score (nSPS) is 13.6. The van der Waals surface area contributed by atoms with Gasteiger partial charge in [-0.1, -0.05) is 18.2 Å². The molecule has 8 nitrogen and oxygen atoms in total. The van der Waals surface area contributed by atoms with Crippen LogP contribution in [-0.2, 0) is 29.0 Å². The van der Waals surface area contributed by atoms with Crippen molar-refractivity contribution in [2.75, 3.05) is 19.0 Å². The lowest BCUT2D eigenvalue weighted by Crippen LogP contribution is -2.36. The van der Waals surface area contributed by atoms with E-state index in [1.54, 1.807) is 19.6 Å². The molecule has 1 aliphatic heterocycles. The molecule has 0 saturated carbocycles. The molecule has 1 atom stereocenters. The van der Waals surface area contributed by atoms with Crippen LogP contribution in [0.15, 0.2) is 43.0 Å². The zero-order valence-electron chi connectivity index (χ0n) is 19.3. The molecule has 0 bridgehead atoms. The summed E-state index contributed by atoms with van der Waals surface area (Å²) < 4.78 is 7.27. The first-order valence-corrected chi connectivity index (χ1v) is 12.0. The van der Waals surface area contributed by atoms with Crippen LogP contribution in [0.3, 0.4) is 0 Å². The molecule has 3 heterocycles. The monoisotopic (exact) mass is 477 g/mol. The number of fused-ring (bicyclic) bond motifs is 1. The van der Waals surface area contributed by atoms with E-state index >= 15 is 0 Å². The highest BCUT2D eigenvalue weighted by molar-refractivity contribution is 7.16. The second kappa shape index (κ2) is 10.5. The topological polar surface area (TPSA) is 100 Å². The molecule has 9 heteroatoms. The first kappa shape index (κ1) is 23.5. The zero-order valence-corrected chi connectivity index (χ0v) is 20.1. The number of thiophene rings is 1. The van der Waals surface area contributed by atoms with Gasteiger partial charge in [0.2, 0.25) is 11.8 Å². The standard InChI is InChI=1S/C25H27N5O3S/c1-17(30-12-10-27-16-30)13-24(32)29-11-9-19-20(14-26)25(34-22(19)15-29)28-23(31)8-7-18-5-3-4-6-21(18)33-2/h3-6,10,12,16-17H,7-9,11,13,15H2,1-2H3,(H,28,31)/t17-/m0/s1. The smallest absolute Gasteiger partial charge is 0.225 e. The summed E-state index contributed by atoms with van der Waals surface area (Å²) in [4.78, 5) is 32.4. The third-order valence-electron chi connectivity index (χ3n) is 6.09. The maximum Gasteiger partial charge on any atom is 0.225 e. The number of carbonyl (C=O) groups excluding carboxylic acids is 2. The Morgan fingerprint density at radius 2 is 2.18 bits per heavy atom. The van der Waals surface area contributed by atoms with Crippen LogP contribution in [0, 0.1) is 11.3 Å². The summed E-state index contributed by atoms with van der Waals surface area (Å²) in [5, 5.41) is 13.2. The van der Waals surface area contributed by atoms with Gasteiger partial charge < -0.3 is 19.5 Å². The van der Waals surface area contributed by atoms with E-state index in [1.807, 2.05) is 46.9 Å². The van der Waals surface area contributed by atoms with Gasteiger partial charge in [0.15, 0.2) is 0 Å². The number of anilines is 1. The summed E-state index contributed by atoms with van der Waals surface area (Å²) in [7, 11) is 1.61. The SMILES string of the molecule is COc1ccccc1CCC(=O)Nc1sc2c(c1C#N)CCN(C(=O)C[C@H](C)n1ccnc1)C2. The quantitative estimate of drug-likeness (QED) is 0.530. The van der Waals surface area contributed by atoms with Crippen LogP contribution in [0.4, 0.5) is 5.00 Å². The van der Waals surface area contributed by atoms with Gasteiger partial charge in [-0.2, -0.15) is 5.26 Å². The number of imidazole rings is 1. The Bertz CT molecular complexity index is 1210. The van der Waals surface area contributed by atoms with E-state index in [4.69, 9.17) is 4.74 Å². The molecule has 176 valence electrons. The minimum Gasteiger partial charge on any atom is -0.496 e. The Morgan fingerprint density at radius 1 is 1.35 bits per heavy atom. The van der Waals surface area contributed by atoms with E-state index in [-0.39, 0.29) is 24.3 Å². The molecule has 1 aromatic carbocycles. The first-order chi connectivity index (χ1) is 16.5. The fraction of sp³-hybridized carbons (Fsp3) is 0.360. The maximum atomic E-state index is 12.9. The summed E-state index contributed by atoms with van der Waals surface area (Å²) in [5.41, 5.74) is 2.42. The number of aromatic nitrogens is 2. The highest BCUT2D eigenvalue weighted by Crippen LogP contribution is 2.37. The van der Waals surface area contributed by atoms with Crippen molar-refractivity contribution in [1.29, 1.82) is 5.26 Å². The summed E-state index contributed by atoms with van der Waals surface area (Å²) in [6.45, 7) is 3.02. The van der Waals surface area contributed by atoms with E-state index in [1.165, 1.54) is 11.3 Å². The molecule has 0 spiro atoms. The van der Waals surface area contributed by atoms with Crippen LogP contribution >= 0.6 is 11.3 Å². The van der Waals surface area contributed by atoms with E-state index < -0.39 is 0 Å². The van der Waals surface area contributed by atoms with Crippen LogP contribution in [-0.4, -0.2) is 39.9 Å². The second-order valence-electron chi connectivity index (χ2n) is 8.31. The summed E-state index contributed by atoms with van der Waals surface area (Å²) in [5.74, 6) is 0.677. The molecule has 34 heavy (non-hydrogen) atoms.